The minimum absolute atomic E-state index is 0.0559. The predicted molar refractivity (Wildman–Crippen MR) is 78.8 cm³/mol. The van der Waals surface area contributed by atoms with Crippen molar-refractivity contribution in [3.8, 4) is 5.75 Å². The van der Waals surface area contributed by atoms with Crippen molar-refractivity contribution >= 4 is 0 Å². The fraction of sp³-hybridized carbons (Fsp3) is 0.647. The maximum Gasteiger partial charge on any atom is 0.126 e. The standard InChI is InChI=1S/C17H24FNO/c1-2-19-10-4-5-13(11-19)12-20-17-9-8-16(18)14-6-3-7-15(14)17/h8-9,13H,2-7,10-12H2,1H3. The topological polar surface area (TPSA) is 12.5 Å². The molecule has 0 aromatic heterocycles. The van der Waals surface area contributed by atoms with Gasteiger partial charge in [0.2, 0.25) is 0 Å². The minimum atomic E-state index is -0.0559. The van der Waals surface area contributed by atoms with Crippen molar-refractivity contribution in [2.45, 2.75) is 39.0 Å². The summed E-state index contributed by atoms with van der Waals surface area (Å²) in [5.41, 5.74) is 2.01. The first-order chi connectivity index (χ1) is 9.78. The van der Waals surface area contributed by atoms with E-state index in [0.717, 1.165) is 55.8 Å². The Morgan fingerprint density at radius 1 is 1.25 bits per heavy atom. The maximum absolute atomic E-state index is 13.7. The molecule has 0 saturated carbocycles. The van der Waals surface area contributed by atoms with Crippen LogP contribution in [0.1, 0.15) is 37.3 Å². The molecule has 20 heavy (non-hydrogen) atoms. The van der Waals surface area contributed by atoms with Crippen LogP contribution in [0.25, 0.3) is 0 Å². The number of fused-ring (bicyclic) bond motifs is 1. The molecule has 2 aliphatic rings. The van der Waals surface area contributed by atoms with Gasteiger partial charge < -0.3 is 9.64 Å². The van der Waals surface area contributed by atoms with Gasteiger partial charge in [-0.3, -0.25) is 0 Å². The van der Waals surface area contributed by atoms with Gasteiger partial charge in [-0.1, -0.05) is 6.92 Å². The van der Waals surface area contributed by atoms with Gasteiger partial charge in [0.1, 0.15) is 11.6 Å². The number of ether oxygens (including phenoxy) is 1. The molecule has 0 bridgehead atoms. The lowest BCUT2D eigenvalue weighted by Gasteiger charge is -2.31. The maximum atomic E-state index is 13.7. The molecule has 1 unspecified atom stereocenters. The highest BCUT2D eigenvalue weighted by molar-refractivity contribution is 5.43. The number of rotatable bonds is 4. The lowest BCUT2D eigenvalue weighted by atomic mass is 9.99. The smallest absolute Gasteiger partial charge is 0.126 e. The van der Waals surface area contributed by atoms with Crippen LogP contribution < -0.4 is 4.74 Å². The van der Waals surface area contributed by atoms with Gasteiger partial charge in [-0.15, -0.1) is 0 Å². The second-order valence-corrected chi connectivity index (χ2v) is 6.07. The van der Waals surface area contributed by atoms with Crippen LogP contribution in [0.4, 0.5) is 4.39 Å². The van der Waals surface area contributed by atoms with Gasteiger partial charge in [0.15, 0.2) is 0 Å². The van der Waals surface area contributed by atoms with Crippen LogP contribution in [0.15, 0.2) is 12.1 Å². The average Bonchev–Trinajstić information content (AvgIpc) is 2.97. The molecular weight excluding hydrogens is 253 g/mol. The zero-order chi connectivity index (χ0) is 13.9. The molecular formula is C17H24FNO. The molecule has 1 aliphatic heterocycles. The molecule has 0 N–H and O–H groups in total. The predicted octanol–water partition coefficient (Wildman–Crippen LogP) is 3.43. The second-order valence-electron chi connectivity index (χ2n) is 6.07. The quantitative estimate of drug-likeness (QED) is 0.836. The van der Waals surface area contributed by atoms with E-state index in [0.29, 0.717) is 5.92 Å². The van der Waals surface area contributed by atoms with Crippen molar-refractivity contribution in [2.24, 2.45) is 5.92 Å². The molecule has 0 spiro atoms. The monoisotopic (exact) mass is 277 g/mol. The molecule has 1 aliphatic carbocycles. The summed E-state index contributed by atoms with van der Waals surface area (Å²) in [5, 5.41) is 0. The van der Waals surface area contributed by atoms with Crippen LogP contribution in [0.2, 0.25) is 0 Å². The molecule has 3 heteroatoms. The van der Waals surface area contributed by atoms with Crippen LogP contribution in [-0.2, 0) is 12.8 Å². The van der Waals surface area contributed by atoms with Gasteiger partial charge in [-0.05, 0) is 62.9 Å². The highest BCUT2D eigenvalue weighted by atomic mass is 19.1. The number of benzene rings is 1. The Kier molecular flexibility index (Phi) is 4.25. The van der Waals surface area contributed by atoms with Crippen molar-refractivity contribution < 1.29 is 9.13 Å². The third-order valence-corrected chi connectivity index (χ3v) is 4.71. The summed E-state index contributed by atoms with van der Waals surface area (Å²) < 4.78 is 19.7. The first-order valence-corrected chi connectivity index (χ1v) is 7.93. The van der Waals surface area contributed by atoms with Crippen molar-refractivity contribution in [3.05, 3.63) is 29.1 Å². The summed E-state index contributed by atoms with van der Waals surface area (Å²) in [5.74, 6) is 1.48. The van der Waals surface area contributed by atoms with Crippen molar-refractivity contribution in [1.82, 2.24) is 4.90 Å². The molecule has 0 radical (unpaired) electrons. The number of piperidine rings is 1. The van der Waals surface area contributed by atoms with Crippen LogP contribution in [0.3, 0.4) is 0 Å². The van der Waals surface area contributed by atoms with Gasteiger partial charge in [-0.2, -0.15) is 0 Å². The van der Waals surface area contributed by atoms with Crippen molar-refractivity contribution in [1.29, 1.82) is 0 Å². The van der Waals surface area contributed by atoms with Gasteiger partial charge in [-0.25, -0.2) is 4.39 Å². The van der Waals surface area contributed by atoms with Crippen molar-refractivity contribution in [3.63, 3.8) is 0 Å². The Morgan fingerprint density at radius 3 is 2.95 bits per heavy atom. The van der Waals surface area contributed by atoms with Crippen molar-refractivity contribution in [2.75, 3.05) is 26.2 Å². The Labute approximate surface area is 120 Å². The molecule has 0 amide bonds. The largest absolute Gasteiger partial charge is 0.493 e. The number of halogens is 1. The zero-order valence-electron chi connectivity index (χ0n) is 12.3. The number of nitrogens with zero attached hydrogens (tertiary/aromatic N) is 1. The summed E-state index contributed by atoms with van der Waals surface area (Å²) >= 11 is 0. The van der Waals surface area contributed by atoms with E-state index in [1.54, 1.807) is 6.07 Å². The van der Waals surface area contributed by atoms with E-state index in [2.05, 4.69) is 11.8 Å². The molecule has 2 nitrogen and oxygen atoms in total. The van der Waals surface area contributed by atoms with E-state index in [1.807, 2.05) is 6.07 Å². The summed E-state index contributed by atoms with van der Waals surface area (Å²) in [4.78, 5) is 2.49. The molecule has 110 valence electrons. The second kappa shape index (κ2) is 6.13. The van der Waals surface area contributed by atoms with Crippen LogP contribution in [0, 0.1) is 11.7 Å². The summed E-state index contributed by atoms with van der Waals surface area (Å²) in [6.07, 6.45) is 5.41. The van der Waals surface area contributed by atoms with Gasteiger partial charge >= 0.3 is 0 Å². The van der Waals surface area contributed by atoms with Gasteiger partial charge in [0.25, 0.3) is 0 Å². The Morgan fingerprint density at radius 2 is 2.10 bits per heavy atom. The first kappa shape index (κ1) is 13.9. The van der Waals surface area contributed by atoms with E-state index in [9.17, 15) is 4.39 Å². The molecule has 1 atom stereocenters. The first-order valence-electron chi connectivity index (χ1n) is 7.93. The van der Waals surface area contributed by atoms with E-state index < -0.39 is 0 Å². The van der Waals surface area contributed by atoms with E-state index in [1.165, 1.54) is 19.4 Å². The Hall–Kier alpha value is -1.09. The van der Waals surface area contributed by atoms with Crippen LogP contribution in [0.5, 0.6) is 5.75 Å². The molecule has 1 heterocycles. The zero-order valence-corrected chi connectivity index (χ0v) is 12.3. The average molecular weight is 277 g/mol. The third-order valence-electron chi connectivity index (χ3n) is 4.71. The Bertz CT molecular complexity index is 474. The molecule has 1 saturated heterocycles. The summed E-state index contributed by atoms with van der Waals surface area (Å²) in [6, 6.07) is 3.39. The van der Waals surface area contributed by atoms with E-state index in [-0.39, 0.29) is 5.82 Å². The lowest BCUT2D eigenvalue weighted by molar-refractivity contribution is 0.134. The van der Waals surface area contributed by atoms with Crippen LogP contribution in [-0.4, -0.2) is 31.1 Å². The molecule has 3 rings (SSSR count). The number of hydrogen-bond donors (Lipinski definition) is 0. The van der Waals surface area contributed by atoms with Gasteiger partial charge in [0.05, 0.1) is 6.61 Å². The third kappa shape index (κ3) is 2.83. The van der Waals surface area contributed by atoms with Crippen LogP contribution >= 0.6 is 0 Å². The summed E-state index contributed by atoms with van der Waals surface area (Å²) in [7, 11) is 0. The Balaban J connectivity index is 1.63. The minimum Gasteiger partial charge on any atom is -0.493 e. The fourth-order valence-electron chi connectivity index (χ4n) is 3.55. The molecule has 1 aromatic rings. The fourth-order valence-corrected chi connectivity index (χ4v) is 3.55. The van der Waals surface area contributed by atoms with E-state index >= 15 is 0 Å². The van der Waals surface area contributed by atoms with Gasteiger partial charge in [0, 0.05) is 18.0 Å². The number of hydrogen-bond acceptors (Lipinski definition) is 2. The summed E-state index contributed by atoms with van der Waals surface area (Å²) in [6.45, 7) is 6.48. The number of likely N-dealkylation sites (tertiary alicyclic amines) is 1. The lowest BCUT2D eigenvalue weighted by Crippen LogP contribution is -2.37. The molecule has 1 aromatic carbocycles. The molecule has 1 fully saturated rings. The van der Waals surface area contributed by atoms with E-state index in [4.69, 9.17) is 4.74 Å². The highest BCUT2D eigenvalue weighted by Crippen LogP contribution is 2.33. The normalized spacial score (nSPS) is 22.8. The SMILES string of the molecule is CCN1CCCC(COc2ccc(F)c3c2CCC3)C1. The highest BCUT2D eigenvalue weighted by Gasteiger charge is 2.22.